The average Bonchev–Trinajstić information content (AvgIpc) is 2.70. The van der Waals surface area contributed by atoms with Crippen molar-refractivity contribution >= 4 is 29.1 Å². The molecule has 146 valence electrons. The molecular formula is C18H23N3O5S. The molecule has 2 aliphatic rings. The Balaban J connectivity index is 0.000000279. The standard InChI is InChI=1S/C14H19N3OS.C4H4O4/c1-16-10-11(5-9-17-7-3-8-17)18-13-12(14(16)19)4-2-6-15-13;5-3(6)1-2-4(7)8/h2,4,6,11H,3,5,7-10H2,1H3;1-2H,(H,5,6)(H,7,8)/b;2-1+. The van der Waals surface area contributed by atoms with Crippen LogP contribution in [0.25, 0.3) is 0 Å². The van der Waals surface area contributed by atoms with Crippen LogP contribution in [0.3, 0.4) is 0 Å². The van der Waals surface area contributed by atoms with E-state index in [0.29, 0.717) is 18.0 Å². The Morgan fingerprint density at radius 1 is 1.33 bits per heavy atom. The van der Waals surface area contributed by atoms with Crippen LogP contribution in [0.1, 0.15) is 18.4 Å². The molecule has 0 aromatic carbocycles. The molecule has 0 saturated carbocycles. The first-order chi connectivity index (χ1) is 12.9. The highest BCUT2D eigenvalue weighted by molar-refractivity contribution is 7.80. The van der Waals surface area contributed by atoms with Crippen molar-refractivity contribution in [3.63, 3.8) is 0 Å². The highest BCUT2D eigenvalue weighted by Crippen LogP contribution is 2.23. The van der Waals surface area contributed by atoms with Gasteiger partial charge in [0, 0.05) is 31.9 Å². The largest absolute Gasteiger partial charge is 0.478 e. The zero-order chi connectivity index (χ0) is 19.8. The molecule has 2 aliphatic heterocycles. The lowest BCUT2D eigenvalue weighted by Gasteiger charge is -2.32. The number of ether oxygens (including phenoxy) is 1. The quantitative estimate of drug-likeness (QED) is 0.565. The second-order valence-corrected chi connectivity index (χ2v) is 6.66. The molecule has 2 N–H and O–H groups in total. The molecule has 8 nitrogen and oxygen atoms in total. The van der Waals surface area contributed by atoms with Crippen molar-refractivity contribution in [2.75, 3.05) is 33.2 Å². The molecule has 1 fully saturated rings. The second kappa shape index (κ2) is 9.98. The number of likely N-dealkylation sites (N-methyl/N-ethyl adjacent to an activating group) is 1. The fourth-order valence-electron chi connectivity index (χ4n) is 2.66. The van der Waals surface area contributed by atoms with E-state index in [2.05, 4.69) is 14.8 Å². The van der Waals surface area contributed by atoms with Gasteiger partial charge < -0.3 is 24.7 Å². The molecule has 1 atom stereocenters. The molecule has 27 heavy (non-hydrogen) atoms. The third-order valence-corrected chi connectivity index (χ3v) is 4.72. The number of rotatable bonds is 5. The van der Waals surface area contributed by atoms with Gasteiger partial charge in [0.05, 0.1) is 12.1 Å². The first kappa shape index (κ1) is 20.8. The second-order valence-electron chi connectivity index (χ2n) is 6.28. The summed E-state index contributed by atoms with van der Waals surface area (Å²) in [6.45, 7) is 4.40. The molecule has 3 rings (SSSR count). The summed E-state index contributed by atoms with van der Waals surface area (Å²) in [5.74, 6) is -1.83. The van der Waals surface area contributed by atoms with E-state index in [1.54, 1.807) is 6.20 Å². The third-order valence-electron chi connectivity index (χ3n) is 4.19. The highest BCUT2D eigenvalue weighted by atomic mass is 32.1. The molecule has 1 aromatic rings. The molecule has 0 radical (unpaired) electrons. The Hall–Kier alpha value is -2.52. The summed E-state index contributed by atoms with van der Waals surface area (Å²) in [4.78, 5) is 28.8. The van der Waals surface area contributed by atoms with Gasteiger partial charge in [-0.2, -0.15) is 0 Å². The molecule has 1 unspecified atom stereocenters. The summed E-state index contributed by atoms with van der Waals surface area (Å²) in [5.41, 5.74) is 0.937. The van der Waals surface area contributed by atoms with Gasteiger partial charge in [-0.25, -0.2) is 14.6 Å². The van der Waals surface area contributed by atoms with Gasteiger partial charge >= 0.3 is 11.9 Å². The maximum Gasteiger partial charge on any atom is 0.328 e. The lowest BCUT2D eigenvalue weighted by atomic mass is 10.1. The number of nitrogens with zero attached hydrogens (tertiary/aromatic N) is 3. The van der Waals surface area contributed by atoms with Crippen LogP contribution in [-0.4, -0.2) is 81.3 Å². The lowest BCUT2D eigenvalue weighted by molar-refractivity contribution is -0.134. The number of aliphatic carboxylic acids is 2. The Morgan fingerprint density at radius 2 is 2.00 bits per heavy atom. The Bertz CT molecular complexity index is 705. The Kier molecular flexibility index (Phi) is 7.68. The normalized spacial score (nSPS) is 19.2. The molecule has 0 aliphatic carbocycles. The number of carbonyl (C=O) groups is 2. The van der Waals surface area contributed by atoms with Crippen molar-refractivity contribution in [1.82, 2.24) is 14.8 Å². The van der Waals surface area contributed by atoms with E-state index in [1.165, 1.54) is 19.5 Å². The van der Waals surface area contributed by atoms with Gasteiger partial charge in [-0.1, -0.05) is 12.2 Å². The van der Waals surface area contributed by atoms with Crippen LogP contribution in [0.4, 0.5) is 0 Å². The summed E-state index contributed by atoms with van der Waals surface area (Å²) >= 11 is 5.49. The lowest BCUT2D eigenvalue weighted by Crippen LogP contribution is -2.41. The molecular weight excluding hydrogens is 370 g/mol. The van der Waals surface area contributed by atoms with E-state index in [9.17, 15) is 9.59 Å². The topological polar surface area (TPSA) is 103 Å². The van der Waals surface area contributed by atoms with Crippen LogP contribution in [0.2, 0.25) is 0 Å². The Morgan fingerprint density at radius 3 is 2.56 bits per heavy atom. The van der Waals surface area contributed by atoms with Gasteiger partial charge in [-0.15, -0.1) is 0 Å². The van der Waals surface area contributed by atoms with Gasteiger partial charge in [0.1, 0.15) is 11.1 Å². The number of pyridine rings is 1. The van der Waals surface area contributed by atoms with Crippen molar-refractivity contribution in [3.8, 4) is 5.88 Å². The van der Waals surface area contributed by atoms with Crippen molar-refractivity contribution < 1.29 is 24.5 Å². The number of aromatic nitrogens is 1. The summed E-state index contributed by atoms with van der Waals surface area (Å²) in [6.07, 6.45) is 5.41. The number of likely N-dealkylation sites (tertiary alicyclic amines) is 1. The predicted octanol–water partition coefficient (Wildman–Crippen LogP) is 1.26. The highest BCUT2D eigenvalue weighted by Gasteiger charge is 2.26. The maximum absolute atomic E-state index is 9.55. The minimum atomic E-state index is -1.26. The zero-order valence-corrected chi connectivity index (χ0v) is 15.9. The van der Waals surface area contributed by atoms with E-state index in [1.807, 2.05) is 19.2 Å². The number of carboxylic acid groups (broad SMARTS) is 2. The van der Waals surface area contributed by atoms with E-state index < -0.39 is 11.9 Å². The zero-order valence-electron chi connectivity index (χ0n) is 15.1. The minimum absolute atomic E-state index is 0.166. The van der Waals surface area contributed by atoms with Crippen LogP contribution in [0, 0.1) is 0 Å². The van der Waals surface area contributed by atoms with E-state index >= 15 is 0 Å². The van der Waals surface area contributed by atoms with E-state index in [-0.39, 0.29) is 6.10 Å². The van der Waals surface area contributed by atoms with Gasteiger partial charge in [0.25, 0.3) is 0 Å². The summed E-state index contributed by atoms with van der Waals surface area (Å²) in [5, 5.41) is 15.6. The minimum Gasteiger partial charge on any atom is -0.478 e. The number of hydrogen-bond donors (Lipinski definition) is 2. The number of hydrogen-bond acceptors (Lipinski definition) is 6. The van der Waals surface area contributed by atoms with Crippen LogP contribution in [0.5, 0.6) is 5.88 Å². The van der Waals surface area contributed by atoms with Crippen molar-refractivity contribution in [1.29, 1.82) is 0 Å². The molecule has 0 spiro atoms. The fourth-order valence-corrected chi connectivity index (χ4v) is 2.89. The van der Waals surface area contributed by atoms with Crippen LogP contribution >= 0.6 is 12.2 Å². The third kappa shape index (κ3) is 6.61. The molecule has 0 bridgehead atoms. The van der Waals surface area contributed by atoms with E-state index in [4.69, 9.17) is 27.2 Å². The summed E-state index contributed by atoms with van der Waals surface area (Å²) in [7, 11) is 2.03. The van der Waals surface area contributed by atoms with Crippen LogP contribution in [0.15, 0.2) is 30.5 Å². The first-order valence-corrected chi connectivity index (χ1v) is 9.01. The van der Waals surface area contributed by atoms with Gasteiger partial charge in [0.15, 0.2) is 0 Å². The number of thiocarbonyl (C=S) groups is 1. The van der Waals surface area contributed by atoms with Crippen molar-refractivity contribution in [2.45, 2.75) is 18.9 Å². The molecule has 0 amide bonds. The number of carboxylic acids is 2. The maximum atomic E-state index is 9.55. The van der Waals surface area contributed by atoms with Gasteiger partial charge in [0.2, 0.25) is 5.88 Å². The average molecular weight is 393 g/mol. The summed E-state index contributed by atoms with van der Waals surface area (Å²) in [6, 6.07) is 3.89. The summed E-state index contributed by atoms with van der Waals surface area (Å²) < 4.78 is 6.05. The predicted molar refractivity (Wildman–Crippen MR) is 103 cm³/mol. The molecule has 9 heteroatoms. The smallest absolute Gasteiger partial charge is 0.328 e. The van der Waals surface area contributed by atoms with Gasteiger partial charge in [-0.05, 0) is 38.1 Å². The van der Waals surface area contributed by atoms with Gasteiger partial charge in [-0.3, -0.25) is 0 Å². The Labute approximate surface area is 163 Å². The van der Waals surface area contributed by atoms with E-state index in [0.717, 1.165) is 30.1 Å². The van der Waals surface area contributed by atoms with Crippen molar-refractivity contribution in [3.05, 3.63) is 36.0 Å². The molecule has 1 aromatic heterocycles. The van der Waals surface area contributed by atoms with Crippen molar-refractivity contribution in [2.24, 2.45) is 0 Å². The van der Waals surface area contributed by atoms with Crippen LogP contribution in [-0.2, 0) is 9.59 Å². The van der Waals surface area contributed by atoms with Crippen LogP contribution < -0.4 is 4.74 Å². The fraction of sp³-hybridized carbons (Fsp3) is 0.444. The first-order valence-electron chi connectivity index (χ1n) is 8.60. The SMILES string of the molecule is CN1CC(CCN2CCC2)Oc2ncccc2C1=S.O=C(O)/C=C/C(=O)O. The molecule has 3 heterocycles. The number of fused-ring (bicyclic) bond motifs is 1. The molecule has 1 saturated heterocycles. The monoisotopic (exact) mass is 393 g/mol.